The third-order valence-electron chi connectivity index (χ3n) is 9.65. The van der Waals surface area contributed by atoms with E-state index in [0.29, 0.717) is 13.0 Å². The quantitative estimate of drug-likeness (QED) is 0.0155. The van der Waals surface area contributed by atoms with Crippen molar-refractivity contribution in [3.8, 4) is 0 Å². The molecule has 0 aliphatic heterocycles. The monoisotopic (exact) mass is 829 g/mol. The first-order valence-corrected chi connectivity index (χ1v) is 23.1. The lowest BCUT2D eigenvalue weighted by molar-refractivity contribution is -0.220. The van der Waals surface area contributed by atoms with Crippen LogP contribution in [-0.2, 0) is 27.9 Å². The maximum atomic E-state index is 12.8. The third kappa shape index (κ3) is 27.4. The molecule has 0 aromatic rings. The van der Waals surface area contributed by atoms with Gasteiger partial charge in [-0.1, -0.05) is 145 Å². The second kappa shape index (κ2) is 34.9. The fourth-order valence-electron chi connectivity index (χ4n) is 6.20. The van der Waals surface area contributed by atoms with Gasteiger partial charge in [-0.2, -0.15) is 0 Å². The zero-order valence-electron chi connectivity index (χ0n) is 34.9. The zero-order chi connectivity index (χ0) is 42.0. The maximum Gasteiger partial charge on any atom is 0.472 e. The van der Waals surface area contributed by atoms with Crippen LogP contribution in [-0.4, -0.2) is 98.9 Å². The van der Waals surface area contributed by atoms with Gasteiger partial charge in [0.2, 0.25) is 0 Å². The standard InChI is InChI=1S/C44H77O12P/c1-3-5-7-9-11-13-14-15-16-17-18-19-20-21-22-23-24-25-26-28-30-32-34-53-35-37(55-38(45)33-31-29-27-12-10-8-6-4-2)36-54-57(51,52)56-44-42(49)40(47)39(46)41(48)43(44)50/h5,7,11,13,15-16,18-19,21-22,37,39-44,46-50H,3-4,6,8-10,12,14,17,20,23-36H2,1-2H3,(H,51,52)/b7-5-,13-11-,16-15-,19-18-,22-21-. The van der Waals surface area contributed by atoms with Crippen LogP contribution in [0.1, 0.15) is 149 Å². The molecule has 0 aromatic carbocycles. The van der Waals surface area contributed by atoms with Gasteiger partial charge in [0.1, 0.15) is 42.7 Å². The largest absolute Gasteiger partial charge is 0.472 e. The average Bonchev–Trinajstić information content (AvgIpc) is 3.19. The molecule has 0 saturated heterocycles. The van der Waals surface area contributed by atoms with Gasteiger partial charge in [0.15, 0.2) is 0 Å². The molecule has 57 heavy (non-hydrogen) atoms. The summed E-state index contributed by atoms with van der Waals surface area (Å²) in [6.45, 7) is 4.05. The van der Waals surface area contributed by atoms with E-state index in [9.17, 15) is 39.8 Å². The van der Waals surface area contributed by atoms with Crippen molar-refractivity contribution < 1.29 is 58.3 Å². The smallest absolute Gasteiger partial charge is 0.457 e. The number of hydrogen-bond acceptors (Lipinski definition) is 11. The van der Waals surface area contributed by atoms with E-state index in [1.807, 2.05) is 0 Å². The number of aliphatic hydroxyl groups excluding tert-OH is 5. The summed E-state index contributed by atoms with van der Waals surface area (Å²) in [6, 6.07) is 0. The normalized spacial score (nSPS) is 23.4. The molecule has 13 heteroatoms. The second-order valence-corrected chi connectivity index (χ2v) is 16.2. The van der Waals surface area contributed by atoms with Gasteiger partial charge in [-0.15, -0.1) is 0 Å². The van der Waals surface area contributed by atoms with Crippen LogP contribution < -0.4 is 0 Å². The van der Waals surface area contributed by atoms with Crippen LogP contribution in [0, 0.1) is 0 Å². The van der Waals surface area contributed by atoms with Gasteiger partial charge < -0.3 is 39.9 Å². The summed E-state index contributed by atoms with van der Waals surface area (Å²) in [5.41, 5.74) is 0. The summed E-state index contributed by atoms with van der Waals surface area (Å²) in [6.07, 6.45) is 30.3. The Bertz CT molecular complexity index is 1170. The van der Waals surface area contributed by atoms with Gasteiger partial charge in [0, 0.05) is 13.0 Å². The Morgan fingerprint density at radius 2 is 1.04 bits per heavy atom. The highest BCUT2D eigenvalue weighted by molar-refractivity contribution is 7.47. The molecule has 0 radical (unpaired) electrons. The molecule has 330 valence electrons. The van der Waals surface area contributed by atoms with Crippen LogP contribution in [0.5, 0.6) is 0 Å². The number of carbonyl (C=O) groups excluding carboxylic acids is 1. The van der Waals surface area contributed by atoms with Crippen molar-refractivity contribution in [2.45, 2.75) is 191 Å². The predicted octanol–water partition coefficient (Wildman–Crippen LogP) is 8.25. The molecule has 6 N–H and O–H groups in total. The molecule has 1 aliphatic carbocycles. The summed E-state index contributed by atoms with van der Waals surface area (Å²) in [5, 5.41) is 50.0. The molecule has 6 unspecified atom stereocenters. The fourth-order valence-corrected chi connectivity index (χ4v) is 7.18. The SMILES string of the molecule is CC/C=C\C/C=C\C/C=C\C/C=C\C/C=C\CCCCCCCCOCC(COP(=O)(O)OC1C(O)C(O)C(O)C(O)C1O)OC(=O)CCCCCCCCCC. The number of hydrogen-bond donors (Lipinski definition) is 6. The Morgan fingerprint density at radius 1 is 0.579 bits per heavy atom. The molecule has 0 bridgehead atoms. The van der Waals surface area contributed by atoms with Crippen molar-refractivity contribution in [2.75, 3.05) is 19.8 Å². The number of phosphoric acid groups is 1. The minimum Gasteiger partial charge on any atom is -0.457 e. The van der Waals surface area contributed by atoms with E-state index in [2.05, 4.69) is 74.6 Å². The highest BCUT2D eigenvalue weighted by Gasteiger charge is 2.51. The average molecular weight is 829 g/mol. The highest BCUT2D eigenvalue weighted by atomic mass is 31.2. The van der Waals surface area contributed by atoms with E-state index in [0.717, 1.165) is 96.3 Å². The molecule has 0 amide bonds. The van der Waals surface area contributed by atoms with Gasteiger partial charge in [-0.25, -0.2) is 4.57 Å². The Morgan fingerprint density at radius 3 is 1.58 bits per heavy atom. The van der Waals surface area contributed by atoms with Crippen LogP contribution in [0.2, 0.25) is 0 Å². The van der Waals surface area contributed by atoms with Crippen molar-refractivity contribution >= 4 is 13.8 Å². The Kier molecular flexibility index (Phi) is 32.4. The van der Waals surface area contributed by atoms with E-state index in [4.69, 9.17) is 18.5 Å². The first-order valence-electron chi connectivity index (χ1n) is 21.6. The Labute approximate surface area is 343 Å². The number of carbonyl (C=O) groups is 1. The van der Waals surface area contributed by atoms with Gasteiger partial charge in [-0.05, 0) is 57.8 Å². The Hall–Kier alpha value is -1.96. The number of esters is 1. The second-order valence-electron chi connectivity index (χ2n) is 14.8. The molecule has 1 fully saturated rings. The lowest BCUT2D eigenvalue weighted by Crippen LogP contribution is -2.64. The van der Waals surface area contributed by atoms with Crippen molar-refractivity contribution in [1.29, 1.82) is 0 Å². The van der Waals surface area contributed by atoms with Crippen molar-refractivity contribution in [3.05, 3.63) is 60.8 Å². The summed E-state index contributed by atoms with van der Waals surface area (Å²) in [5.74, 6) is -0.491. The topological polar surface area (TPSA) is 192 Å². The minimum atomic E-state index is -5.01. The zero-order valence-corrected chi connectivity index (χ0v) is 35.8. The number of unbranched alkanes of at least 4 members (excludes halogenated alkanes) is 13. The van der Waals surface area contributed by atoms with Gasteiger partial charge in [-0.3, -0.25) is 13.8 Å². The fraction of sp³-hybridized carbons (Fsp3) is 0.750. The van der Waals surface area contributed by atoms with Crippen LogP contribution in [0.25, 0.3) is 0 Å². The Balaban J connectivity index is 2.36. The van der Waals surface area contributed by atoms with E-state index in [1.165, 1.54) is 25.7 Å². The molecular formula is C44H77O12P. The summed E-state index contributed by atoms with van der Waals surface area (Å²) < 4.78 is 34.0. The van der Waals surface area contributed by atoms with Gasteiger partial charge >= 0.3 is 13.8 Å². The number of phosphoric ester groups is 1. The molecule has 0 heterocycles. The highest BCUT2D eigenvalue weighted by Crippen LogP contribution is 2.47. The van der Waals surface area contributed by atoms with Crippen LogP contribution in [0.3, 0.4) is 0 Å². The minimum absolute atomic E-state index is 0.0886. The molecule has 1 rings (SSSR count). The molecule has 6 atom stereocenters. The molecule has 12 nitrogen and oxygen atoms in total. The molecule has 1 aliphatic rings. The number of rotatable bonds is 35. The van der Waals surface area contributed by atoms with Crippen LogP contribution in [0.15, 0.2) is 60.8 Å². The molecule has 0 spiro atoms. The predicted molar refractivity (Wildman–Crippen MR) is 225 cm³/mol. The van der Waals surface area contributed by atoms with Gasteiger partial charge in [0.25, 0.3) is 0 Å². The first kappa shape index (κ1) is 53.1. The van der Waals surface area contributed by atoms with Crippen LogP contribution >= 0.6 is 7.82 Å². The van der Waals surface area contributed by atoms with E-state index >= 15 is 0 Å². The van der Waals surface area contributed by atoms with Gasteiger partial charge in [0.05, 0.1) is 13.2 Å². The molecular weight excluding hydrogens is 751 g/mol. The number of ether oxygens (including phenoxy) is 2. The molecule has 0 aromatic heterocycles. The van der Waals surface area contributed by atoms with Crippen molar-refractivity contribution in [3.63, 3.8) is 0 Å². The van der Waals surface area contributed by atoms with E-state index in [1.54, 1.807) is 0 Å². The van der Waals surface area contributed by atoms with Crippen molar-refractivity contribution in [2.24, 2.45) is 0 Å². The van der Waals surface area contributed by atoms with Crippen molar-refractivity contribution in [1.82, 2.24) is 0 Å². The first-order chi connectivity index (χ1) is 27.5. The lowest BCUT2D eigenvalue weighted by Gasteiger charge is -2.41. The maximum absolute atomic E-state index is 12.8. The summed E-state index contributed by atoms with van der Waals surface area (Å²) in [7, 11) is -5.01. The van der Waals surface area contributed by atoms with E-state index in [-0.39, 0.29) is 13.0 Å². The number of allylic oxidation sites excluding steroid dienone is 10. The van der Waals surface area contributed by atoms with Crippen LogP contribution in [0.4, 0.5) is 0 Å². The number of aliphatic hydroxyl groups is 5. The molecule has 1 saturated carbocycles. The third-order valence-corrected chi connectivity index (χ3v) is 10.6. The van der Waals surface area contributed by atoms with E-state index < -0.39 is 63.1 Å². The summed E-state index contributed by atoms with van der Waals surface area (Å²) >= 11 is 0. The lowest BCUT2D eigenvalue weighted by atomic mass is 9.85. The summed E-state index contributed by atoms with van der Waals surface area (Å²) in [4.78, 5) is 23.0.